The molecule has 0 bridgehead atoms. The zero-order valence-electron chi connectivity index (χ0n) is 14.0. The Balaban J connectivity index is 1.92. The standard InChI is InChI=1S/C18H21FN4OS/c1-11-5-8-14(19)9-13(11)10-25-17-15(12-6-7-12)3-2-4-16(17)23(21)18(24)22-20/h2-5,8-9,12H,6-7,10,20-21H2,1H3,(H,22,24). The van der Waals surface area contributed by atoms with E-state index >= 15 is 0 Å². The lowest BCUT2D eigenvalue weighted by Crippen LogP contribution is -2.47. The first-order chi connectivity index (χ1) is 12.0. The van der Waals surface area contributed by atoms with E-state index in [1.54, 1.807) is 30.0 Å². The van der Waals surface area contributed by atoms with Gasteiger partial charge in [-0.1, -0.05) is 18.2 Å². The van der Waals surface area contributed by atoms with Crippen LogP contribution in [0.25, 0.3) is 0 Å². The smallest absolute Gasteiger partial charge is 0.274 e. The molecule has 2 amide bonds. The minimum atomic E-state index is -0.586. The largest absolute Gasteiger partial charge is 0.350 e. The lowest BCUT2D eigenvalue weighted by Gasteiger charge is -2.21. The number of urea groups is 1. The number of anilines is 1. The van der Waals surface area contributed by atoms with Crippen LogP contribution in [0, 0.1) is 12.7 Å². The number of nitrogens with two attached hydrogens (primary N) is 2. The van der Waals surface area contributed by atoms with Gasteiger partial charge < -0.3 is 0 Å². The van der Waals surface area contributed by atoms with Gasteiger partial charge in [-0.2, -0.15) is 0 Å². The van der Waals surface area contributed by atoms with Crippen LogP contribution in [0.3, 0.4) is 0 Å². The highest BCUT2D eigenvalue weighted by Crippen LogP contribution is 2.47. The van der Waals surface area contributed by atoms with Gasteiger partial charge in [-0.3, -0.25) is 5.43 Å². The maximum Gasteiger partial charge on any atom is 0.350 e. The third kappa shape index (κ3) is 3.95. The number of hydrogen-bond acceptors (Lipinski definition) is 4. The molecule has 1 aliphatic carbocycles. The number of hydrazine groups is 2. The van der Waals surface area contributed by atoms with Gasteiger partial charge in [0.05, 0.1) is 5.69 Å². The molecular formula is C18H21FN4OS. The molecule has 0 radical (unpaired) electrons. The zero-order chi connectivity index (χ0) is 18.0. The number of carbonyl (C=O) groups excluding carboxylic acids is 1. The Morgan fingerprint density at radius 2 is 2.12 bits per heavy atom. The summed E-state index contributed by atoms with van der Waals surface area (Å²) in [6, 6.07) is 9.95. The van der Waals surface area contributed by atoms with Crippen LogP contribution in [0.15, 0.2) is 41.3 Å². The van der Waals surface area contributed by atoms with Gasteiger partial charge in [0.15, 0.2) is 0 Å². The molecule has 0 atom stereocenters. The summed E-state index contributed by atoms with van der Waals surface area (Å²) in [6.07, 6.45) is 2.26. The van der Waals surface area contributed by atoms with Crippen LogP contribution < -0.4 is 22.1 Å². The molecule has 1 fully saturated rings. The lowest BCUT2D eigenvalue weighted by molar-refractivity contribution is 0.246. The molecule has 132 valence electrons. The summed E-state index contributed by atoms with van der Waals surface area (Å²) < 4.78 is 13.5. The van der Waals surface area contributed by atoms with Crippen LogP contribution in [-0.4, -0.2) is 6.03 Å². The fraction of sp³-hybridized carbons (Fsp3) is 0.278. The number of hydrogen-bond donors (Lipinski definition) is 3. The van der Waals surface area contributed by atoms with Crippen LogP contribution in [0.4, 0.5) is 14.9 Å². The molecule has 0 spiro atoms. The summed E-state index contributed by atoms with van der Waals surface area (Å²) >= 11 is 1.57. The number of carbonyl (C=O) groups is 1. The number of benzene rings is 2. The minimum absolute atomic E-state index is 0.250. The molecule has 0 aromatic heterocycles. The topological polar surface area (TPSA) is 84.4 Å². The molecule has 0 saturated heterocycles. The van der Waals surface area contributed by atoms with E-state index in [1.165, 1.54) is 11.6 Å². The van der Waals surface area contributed by atoms with Crippen molar-refractivity contribution in [3.05, 3.63) is 58.9 Å². The second-order valence-corrected chi connectivity index (χ2v) is 7.13. The van der Waals surface area contributed by atoms with Gasteiger partial charge in [0.25, 0.3) is 0 Å². The third-order valence-electron chi connectivity index (χ3n) is 4.33. The first kappa shape index (κ1) is 17.7. The molecule has 25 heavy (non-hydrogen) atoms. The van der Waals surface area contributed by atoms with E-state index in [2.05, 4.69) is 6.07 Å². The van der Waals surface area contributed by atoms with E-state index in [0.29, 0.717) is 17.4 Å². The molecule has 7 heteroatoms. The molecule has 2 aromatic carbocycles. The molecule has 0 unspecified atom stereocenters. The Hall–Kier alpha value is -2.09. The van der Waals surface area contributed by atoms with Crippen molar-refractivity contribution in [1.29, 1.82) is 0 Å². The van der Waals surface area contributed by atoms with Crippen molar-refractivity contribution in [2.45, 2.75) is 36.3 Å². The molecule has 1 aliphatic rings. The van der Waals surface area contributed by atoms with Crippen molar-refractivity contribution in [3.63, 3.8) is 0 Å². The van der Waals surface area contributed by atoms with Crippen LogP contribution in [0.2, 0.25) is 0 Å². The third-order valence-corrected chi connectivity index (χ3v) is 5.52. The number of nitrogens with zero attached hydrogens (tertiary/aromatic N) is 1. The van der Waals surface area contributed by atoms with Crippen molar-refractivity contribution < 1.29 is 9.18 Å². The number of nitrogens with one attached hydrogen (secondary N) is 1. The molecule has 2 aromatic rings. The SMILES string of the molecule is Cc1ccc(F)cc1CSc1c(C2CC2)cccc1N(N)C(=O)NN. The van der Waals surface area contributed by atoms with Crippen LogP contribution in [0.5, 0.6) is 0 Å². The van der Waals surface area contributed by atoms with Gasteiger partial charge in [0.1, 0.15) is 5.82 Å². The number of aryl methyl sites for hydroxylation is 1. The fourth-order valence-electron chi connectivity index (χ4n) is 2.73. The summed E-state index contributed by atoms with van der Waals surface area (Å²) in [5.41, 5.74) is 5.78. The first-order valence-electron chi connectivity index (χ1n) is 8.07. The Labute approximate surface area is 150 Å². The molecular weight excluding hydrogens is 339 g/mol. The van der Waals surface area contributed by atoms with E-state index in [1.807, 2.05) is 18.4 Å². The fourth-order valence-corrected chi connectivity index (χ4v) is 4.06. The summed E-state index contributed by atoms with van der Waals surface area (Å²) in [7, 11) is 0. The molecule has 1 saturated carbocycles. The Morgan fingerprint density at radius 1 is 1.36 bits per heavy atom. The lowest BCUT2D eigenvalue weighted by atomic mass is 10.1. The van der Waals surface area contributed by atoms with E-state index in [-0.39, 0.29) is 5.82 Å². The van der Waals surface area contributed by atoms with E-state index < -0.39 is 6.03 Å². The number of thioether (sulfide) groups is 1. The highest BCUT2D eigenvalue weighted by atomic mass is 32.2. The maximum atomic E-state index is 13.5. The second kappa shape index (κ2) is 7.43. The number of halogens is 1. The number of rotatable bonds is 5. The zero-order valence-corrected chi connectivity index (χ0v) is 14.8. The monoisotopic (exact) mass is 360 g/mol. The Kier molecular flexibility index (Phi) is 5.27. The number of amides is 2. The molecule has 5 nitrogen and oxygen atoms in total. The first-order valence-corrected chi connectivity index (χ1v) is 9.06. The Morgan fingerprint density at radius 3 is 2.80 bits per heavy atom. The van der Waals surface area contributed by atoms with Crippen molar-refractivity contribution in [2.24, 2.45) is 11.7 Å². The van der Waals surface area contributed by atoms with Crippen LogP contribution in [-0.2, 0) is 5.75 Å². The maximum absolute atomic E-state index is 13.5. The Bertz CT molecular complexity index is 795. The van der Waals surface area contributed by atoms with E-state index in [4.69, 9.17) is 11.7 Å². The highest BCUT2D eigenvalue weighted by molar-refractivity contribution is 7.98. The average molecular weight is 360 g/mol. The van der Waals surface area contributed by atoms with Crippen molar-refractivity contribution in [1.82, 2.24) is 5.43 Å². The van der Waals surface area contributed by atoms with Crippen LogP contribution >= 0.6 is 11.8 Å². The van der Waals surface area contributed by atoms with Gasteiger partial charge in [-0.15, -0.1) is 11.8 Å². The summed E-state index contributed by atoms with van der Waals surface area (Å²) in [5, 5.41) is 1.02. The molecule has 5 N–H and O–H groups in total. The van der Waals surface area contributed by atoms with Gasteiger partial charge in [0, 0.05) is 10.6 Å². The van der Waals surface area contributed by atoms with Gasteiger partial charge in [0.2, 0.25) is 0 Å². The second-order valence-electron chi connectivity index (χ2n) is 6.15. The summed E-state index contributed by atoms with van der Waals surface area (Å²) in [4.78, 5) is 12.8. The average Bonchev–Trinajstić information content (AvgIpc) is 3.46. The molecule has 0 aliphatic heterocycles. The summed E-state index contributed by atoms with van der Waals surface area (Å²) in [5.74, 6) is 12.0. The van der Waals surface area contributed by atoms with Gasteiger partial charge in [-0.25, -0.2) is 25.9 Å². The predicted molar refractivity (Wildman–Crippen MR) is 98.5 cm³/mol. The molecule has 3 rings (SSSR count). The van der Waals surface area contributed by atoms with Crippen molar-refractivity contribution in [2.75, 3.05) is 5.01 Å². The van der Waals surface area contributed by atoms with Gasteiger partial charge in [-0.05, 0) is 60.6 Å². The van der Waals surface area contributed by atoms with Crippen molar-refractivity contribution in [3.8, 4) is 0 Å². The van der Waals surface area contributed by atoms with E-state index in [0.717, 1.165) is 33.9 Å². The quantitative estimate of drug-likeness (QED) is 0.329. The van der Waals surface area contributed by atoms with E-state index in [9.17, 15) is 9.18 Å². The van der Waals surface area contributed by atoms with Gasteiger partial charge >= 0.3 is 6.03 Å². The predicted octanol–water partition coefficient (Wildman–Crippen LogP) is 3.57. The van der Waals surface area contributed by atoms with Crippen molar-refractivity contribution >= 4 is 23.5 Å². The minimum Gasteiger partial charge on any atom is -0.274 e. The summed E-state index contributed by atoms with van der Waals surface area (Å²) in [6.45, 7) is 1.96. The van der Waals surface area contributed by atoms with Crippen LogP contribution in [0.1, 0.15) is 35.4 Å². The normalized spacial score (nSPS) is 13.6. The highest BCUT2D eigenvalue weighted by Gasteiger charge is 2.29. The molecule has 0 heterocycles.